The van der Waals surface area contributed by atoms with E-state index in [1.165, 1.54) is 0 Å². The van der Waals surface area contributed by atoms with Crippen LogP contribution in [0, 0.1) is 5.92 Å². The Balaban J connectivity index is 1.29. The zero-order valence-electron chi connectivity index (χ0n) is 19.3. The summed E-state index contributed by atoms with van der Waals surface area (Å²) in [6.07, 6.45) is 9.40. The molecule has 0 aromatic heterocycles. The summed E-state index contributed by atoms with van der Waals surface area (Å²) in [4.78, 5) is 17.0. The number of nitrogens with one attached hydrogen (secondary N) is 1. The molecule has 4 atom stereocenters. The van der Waals surface area contributed by atoms with Gasteiger partial charge in [-0.15, -0.1) is 0 Å². The molecule has 2 heterocycles. The highest BCUT2D eigenvalue weighted by Gasteiger charge is 2.40. The maximum atomic E-state index is 12.6. The van der Waals surface area contributed by atoms with Gasteiger partial charge in [-0.05, 0) is 55.0 Å². The van der Waals surface area contributed by atoms with Gasteiger partial charge in [0, 0.05) is 19.0 Å². The number of fused-ring (bicyclic) bond motifs is 1. The van der Waals surface area contributed by atoms with Gasteiger partial charge < -0.3 is 15.2 Å². The molecule has 1 amide bonds. The van der Waals surface area contributed by atoms with Crippen LogP contribution < -0.4 is 10.1 Å². The van der Waals surface area contributed by atoms with Gasteiger partial charge in [-0.3, -0.25) is 14.8 Å². The number of benzene rings is 2. The molecule has 2 N–H and O–H groups in total. The Hall–Kier alpha value is -3.45. The van der Waals surface area contributed by atoms with E-state index in [1.807, 2.05) is 36.7 Å². The van der Waals surface area contributed by atoms with E-state index >= 15 is 0 Å². The first kappa shape index (κ1) is 22.3. The minimum Gasteiger partial charge on any atom is -0.496 e. The van der Waals surface area contributed by atoms with Crippen LogP contribution in [0.5, 0.6) is 5.75 Å². The van der Waals surface area contributed by atoms with E-state index in [1.54, 1.807) is 19.2 Å². The molecule has 34 heavy (non-hydrogen) atoms. The second-order valence-electron chi connectivity index (χ2n) is 9.08. The number of hydrazone groups is 1. The minimum absolute atomic E-state index is 0.0974. The van der Waals surface area contributed by atoms with Gasteiger partial charge in [-0.1, -0.05) is 36.4 Å². The molecule has 0 radical (unpaired) electrons. The average molecular weight is 459 g/mol. The first-order chi connectivity index (χ1) is 16.6. The van der Waals surface area contributed by atoms with Gasteiger partial charge in [-0.2, -0.15) is 5.10 Å². The lowest BCUT2D eigenvalue weighted by Gasteiger charge is -2.36. The van der Waals surface area contributed by atoms with Crippen LogP contribution in [-0.4, -0.2) is 53.2 Å². The van der Waals surface area contributed by atoms with Crippen LogP contribution in [0.25, 0.3) is 0 Å². The Morgan fingerprint density at radius 1 is 1.18 bits per heavy atom. The third kappa shape index (κ3) is 4.48. The summed E-state index contributed by atoms with van der Waals surface area (Å²) in [6.45, 7) is 0.423. The van der Waals surface area contributed by atoms with Crippen molar-refractivity contribution in [1.82, 2.24) is 10.3 Å². The van der Waals surface area contributed by atoms with Crippen molar-refractivity contribution in [3.63, 3.8) is 0 Å². The molecule has 176 valence electrons. The fourth-order valence-electron chi connectivity index (χ4n) is 5.09. The third-order valence-electron chi connectivity index (χ3n) is 6.88. The van der Waals surface area contributed by atoms with Gasteiger partial charge >= 0.3 is 0 Å². The monoisotopic (exact) mass is 458 g/mol. The van der Waals surface area contributed by atoms with E-state index in [4.69, 9.17) is 9.84 Å². The van der Waals surface area contributed by atoms with E-state index in [2.05, 4.69) is 33.5 Å². The van der Waals surface area contributed by atoms with E-state index in [0.29, 0.717) is 17.9 Å². The first-order valence-corrected chi connectivity index (χ1v) is 11.9. The zero-order chi connectivity index (χ0) is 23.5. The number of nitrogens with zero attached hydrogens (tertiary/aromatic N) is 3. The molecule has 0 saturated heterocycles. The topological polar surface area (TPSA) is 86.5 Å². The quantitative estimate of drug-likeness (QED) is 0.693. The lowest BCUT2D eigenvalue weighted by Crippen LogP contribution is -2.43. The van der Waals surface area contributed by atoms with Crippen LogP contribution in [0.2, 0.25) is 0 Å². The van der Waals surface area contributed by atoms with Gasteiger partial charge in [-0.25, -0.2) is 0 Å². The fraction of sp³-hybridized carbons (Fsp3) is 0.370. The van der Waals surface area contributed by atoms with Crippen LogP contribution in [-0.2, 0) is 6.54 Å². The molecule has 7 nitrogen and oxygen atoms in total. The number of hydrogen-bond donors (Lipinski definition) is 2. The predicted molar refractivity (Wildman–Crippen MR) is 132 cm³/mol. The molecule has 7 heteroatoms. The number of amides is 1. The molecular formula is C27H30N4O3. The van der Waals surface area contributed by atoms with Crippen molar-refractivity contribution in [2.24, 2.45) is 16.0 Å². The molecular weight excluding hydrogens is 428 g/mol. The summed E-state index contributed by atoms with van der Waals surface area (Å²) in [6, 6.07) is 15.8. The van der Waals surface area contributed by atoms with Gasteiger partial charge in [0.1, 0.15) is 5.75 Å². The number of aliphatic hydroxyl groups excluding tert-OH is 1. The summed E-state index contributed by atoms with van der Waals surface area (Å²) in [5.74, 6) is 0.489. The number of para-hydroxylation sites is 1. The largest absolute Gasteiger partial charge is 0.496 e. The number of ether oxygens (including phenoxy) is 1. The van der Waals surface area contributed by atoms with Crippen LogP contribution >= 0.6 is 0 Å². The predicted octanol–water partition coefficient (Wildman–Crippen LogP) is 3.53. The minimum atomic E-state index is -0.247. The molecule has 1 fully saturated rings. The van der Waals surface area contributed by atoms with Crippen molar-refractivity contribution in [2.45, 2.75) is 50.4 Å². The number of aliphatic hydroxyl groups is 1. The molecule has 2 aromatic rings. The number of hydrogen-bond acceptors (Lipinski definition) is 6. The molecule has 1 aliphatic carbocycles. The lowest BCUT2D eigenvalue weighted by atomic mass is 9.88. The number of aliphatic imine (C=N–C) groups is 1. The maximum Gasteiger partial charge on any atom is 0.255 e. The Morgan fingerprint density at radius 3 is 2.79 bits per heavy atom. The smallest absolute Gasteiger partial charge is 0.255 e. The van der Waals surface area contributed by atoms with E-state index in [-0.39, 0.29) is 30.0 Å². The second-order valence-corrected chi connectivity index (χ2v) is 9.08. The van der Waals surface area contributed by atoms with Crippen molar-refractivity contribution in [3.05, 3.63) is 77.5 Å². The number of carbonyl (C=O) groups is 1. The normalized spacial score (nSPS) is 25.6. The van der Waals surface area contributed by atoms with Gasteiger partial charge in [0.15, 0.2) is 0 Å². The summed E-state index contributed by atoms with van der Waals surface area (Å²) in [5, 5.41) is 20.4. The molecule has 5 rings (SSSR count). The van der Waals surface area contributed by atoms with E-state index in [0.717, 1.165) is 42.5 Å². The Morgan fingerprint density at radius 2 is 2.00 bits per heavy atom. The van der Waals surface area contributed by atoms with Crippen LogP contribution in [0.15, 0.2) is 70.9 Å². The average Bonchev–Trinajstić information content (AvgIpc) is 3.27. The zero-order valence-corrected chi connectivity index (χ0v) is 19.3. The van der Waals surface area contributed by atoms with Crippen molar-refractivity contribution in [1.29, 1.82) is 0 Å². The number of rotatable bonds is 6. The van der Waals surface area contributed by atoms with Crippen LogP contribution in [0.3, 0.4) is 0 Å². The molecule has 0 bridgehead atoms. The Kier molecular flexibility index (Phi) is 6.45. The van der Waals surface area contributed by atoms with Crippen molar-refractivity contribution >= 4 is 17.8 Å². The molecule has 1 saturated carbocycles. The second kappa shape index (κ2) is 9.81. The summed E-state index contributed by atoms with van der Waals surface area (Å²) >= 11 is 0. The molecule has 2 aromatic carbocycles. The SMILES string of the molecule is COc1ccccc1C(=O)NCc1ccc(C2=NN(C3CCCC(O)C3)C3C=CN=CC23)cc1. The highest BCUT2D eigenvalue weighted by molar-refractivity contribution is 6.11. The molecule has 4 unspecified atom stereocenters. The van der Waals surface area contributed by atoms with Crippen LogP contribution in [0.4, 0.5) is 0 Å². The van der Waals surface area contributed by atoms with Gasteiger partial charge in [0.2, 0.25) is 0 Å². The highest BCUT2D eigenvalue weighted by atomic mass is 16.5. The van der Waals surface area contributed by atoms with Crippen molar-refractivity contribution < 1.29 is 14.6 Å². The third-order valence-corrected chi connectivity index (χ3v) is 6.88. The molecule has 0 spiro atoms. The summed E-state index contributed by atoms with van der Waals surface area (Å²) in [5.41, 5.74) is 3.58. The Bertz CT molecular complexity index is 1120. The van der Waals surface area contributed by atoms with Gasteiger partial charge in [0.25, 0.3) is 5.91 Å². The first-order valence-electron chi connectivity index (χ1n) is 11.9. The standard InChI is InChI=1S/C27H30N4O3/c1-34-25-8-3-2-7-22(25)27(33)29-16-18-9-11-19(12-10-18)26-23-17-28-14-13-24(23)31(30-26)20-5-4-6-21(32)15-20/h2-3,7-14,17,20-21,23-24,32H,4-6,15-16H2,1H3,(H,29,33). The van der Waals surface area contributed by atoms with Gasteiger partial charge in [0.05, 0.1) is 42.5 Å². The highest BCUT2D eigenvalue weighted by Crippen LogP contribution is 2.34. The van der Waals surface area contributed by atoms with Crippen molar-refractivity contribution in [2.75, 3.05) is 7.11 Å². The summed E-state index contributed by atoms with van der Waals surface area (Å²) in [7, 11) is 1.56. The lowest BCUT2D eigenvalue weighted by molar-refractivity contribution is 0.0551. The fourth-order valence-corrected chi connectivity index (χ4v) is 5.09. The van der Waals surface area contributed by atoms with Crippen LogP contribution in [0.1, 0.15) is 47.2 Å². The Labute approximate surface area is 199 Å². The van der Waals surface area contributed by atoms with Crippen molar-refractivity contribution in [3.8, 4) is 5.75 Å². The molecule has 3 aliphatic rings. The number of methoxy groups -OCH3 is 1. The molecule has 2 aliphatic heterocycles. The maximum absolute atomic E-state index is 12.6. The van der Waals surface area contributed by atoms with E-state index < -0.39 is 0 Å². The number of carbonyl (C=O) groups excluding carboxylic acids is 1. The summed E-state index contributed by atoms with van der Waals surface area (Å²) < 4.78 is 5.29. The van der Waals surface area contributed by atoms with E-state index in [9.17, 15) is 9.90 Å².